The van der Waals surface area contributed by atoms with E-state index in [-0.39, 0.29) is 5.91 Å². The first kappa shape index (κ1) is 11.6. The van der Waals surface area contributed by atoms with Gasteiger partial charge in [-0.2, -0.15) is 0 Å². The minimum Gasteiger partial charge on any atom is -0.339 e. The van der Waals surface area contributed by atoms with Crippen molar-refractivity contribution in [3.63, 3.8) is 0 Å². The van der Waals surface area contributed by atoms with Gasteiger partial charge in [0.2, 0.25) is 6.41 Å². The first-order chi connectivity index (χ1) is 8.22. The summed E-state index contributed by atoms with van der Waals surface area (Å²) in [6.07, 6.45) is 2.83. The summed E-state index contributed by atoms with van der Waals surface area (Å²) in [4.78, 5) is 24.3. The van der Waals surface area contributed by atoms with E-state index in [0.717, 1.165) is 37.2 Å². The highest BCUT2D eigenvalue weighted by atomic mass is 16.2. The molecule has 0 unspecified atom stereocenters. The first-order valence-corrected chi connectivity index (χ1v) is 5.82. The standard InChI is InChI=1S/C13H16N2O2/c1-10-8-11(4-5-12(10)14-9-16)13(17)15-6-2-3-7-15/h4-5,8-9H,2-3,6-7H2,1H3,(H,14,16). The Labute approximate surface area is 101 Å². The number of nitrogens with zero attached hydrogens (tertiary/aromatic N) is 1. The second-order valence-electron chi connectivity index (χ2n) is 4.29. The van der Waals surface area contributed by atoms with Crippen molar-refractivity contribution in [2.45, 2.75) is 19.8 Å². The summed E-state index contributed by atoms with van der Waals surface area (Å²) in [6, 6.07) is 5.36. The largest absolute Gasteiger partial charge is 0.339 e. The van der Waals surface area contributed by atoms with E-state index in [1.807, 2.05) is 17.9 Å². The smallest absolute Gasteiger partial charge is 0.253 e. The van der Waals surface area contributed by atoms with E-state index >= 15 is 0 Å². The molecular weight excluding hydrogens is 216 g/mol. The maximum absolute atomic E-state index is 12.1. The van der Waals surface area contributed by atoms with E-state index in [9.17, 15) is 9.59 Å². The molecular formula is C13H16N2O2. The molecule has 0 saturated carbocycles. The topological polar surface area (TPSA) is 49.4 Å². The molecule has 0 bridgehead atoms. The fourth-order valence-electron chi connectivity index (χ4n) is 2.12. The number of hydrogen-bond donors (Lipinski definition) is 1. The summed E-state index contributed by atoms with van der Waals surface area (Å²) < 4.78 is 0. The maximum Gasteiger partial charge on any atom is 0.253 e. The van der Waals surface area contributed by atoms with Gasteiger partial charge in [0.1, 0.15) is 0 Å². The van der Waals surface area contributed by atoms with E-state index in [1.54, 1.807) is 12.1 Å². The summed E-state index contributed by atoms with van der Waals surface area (Å²) in [5, 5.41) is 2.61. The first-order valence-electron chi connectivity index (χ1n) is 5.82. The number of hydrogen-bond acceptors (Lipinski definition) is 2. The Morgan fingerprint density at radius 2 is 2.06 bits per heavy atom. The zero-order valence-corrected chi connectivity index (χ0v) is 9.90. The molecule has 0 radical (unpaired) electrons. The summed E-state index contributed by atoms with van der Waals surface area (Å²) >= 11 is 0. The van der Waals surface area contributed by atoms with Crippen LogP contribution >= 0.6 is 0 Å². The fraction of sp³-hybridized carbons (Fsp3) is 0.385. The predicted octanol–water partition coefficient (Wildman–Crippen LogP) is 1.80. The fourth-order valence-corrected chi connectivity index (χ4v) is 2.12. The van der Waals surface area contributed by atoms with Crippen LogP contribution in [0.25, 0.3) is 0 Å². The molecule has 17 heavy (non-hydrogen) atoms. The van der Waals surface area contributed by atoms with Crippen molar-refractivity contribution in [1.82, 2.24) is 4.90 Å². The maximum atomic E-state index is 12.1. The predicted molar refractivity (Wildman–Crippen MR) is 66.0 cm³/mol. The van der Waals surface area contributed by atoms with Gasteiger partial charge in [-0.25, -0.2) is 0 Å². The Kier molecular flexibility index (Phi) is 3.42. The van der Waals surface area contributed by atoms with Gasteiger partial charge in [-0.05, 0) is 43.5 Å². The molecule has 90 valence electrons. The van der Waals surface area contributed by atoms with Crippen LogP contribution < -0.4 is 5.32 Å². The molecule has 1 saturated heterocycles. The second-order valence-corrected chi connectivity index (χ2v) is 4.29. The quantitative estimate of drug-likeness (QED) is 0.808. The number of carbonyl (C=O) groups excluding carboxylic acids is 2. The average Bonchev–Trinajstić information content (AvgIpc) is 2.84. The SMILES string of the molecule is Cc1cc(C(=O)N2CCCC2)ccc1NC=O. The third-order valence-electron chi connectivity index (χ3n) is 3.08. The molecule has 1 aliphatic heterocycles. The van der Waals surface area contributed by atoms with Crippen molar-refractivity contribution in [2.75, 3.05) is 18.4 Å². The van der Waals surface area contributed by atoms with Crippen LogP contribution in [-0.2, 0) is 4.79 Å². The van der Waals surface area contributed by atoms with Crippen molar-refractivity contribution in [1.29, 1.82) is 0 Å². The van der Waals surface area contributed by atoms with Gasteiger partial charge in [0.25, 0.3) is 5.91 Å². The van der Waals surface area contributed by atoms with E-state index in [2.05, 4.69) is 5.32 Å². The highest BCUT2D eigenvalue weighted by molar-refractivity contribution is 5.95. The molecule has 1 aromatic carbocycles. The number of likely N-dealkylation sites (tertiary alicyclic amines) is 1. The Bertz CT molecular complexity index is 437. The van der Waals surface area contributed by atoms with Gasteiger partial charge < -0.3 is 10.2 Å². The van der Waals surface area contributed by atoms with Crippen LogP contribution in [0, 0.1) is 6.92 Å². The van der Waals surface area contributed by atoms with Crippen molar-refractivity contribution in [3.8, 4) is 0 Å². The van der Waals surface area contributed by atoms with Gasteiger partial charge in [0.15, 0.2) is 0 Å². The number of anilines is 1. The third kappa shape index (κ3) is 2.46. The van der Waals surface area contributed by atoms with E-state index in [0.29, 0.717) is 12.0 Å². The number of aryl methyl sites for hydroxylation is 1. The number of nitrogens with one attached hydrogen (secondary N) is 1. The van der Waals surface area contributed by atoms with Crippen LogP contribution in [0.3, 0.4) is 0 Å². The molecule has 4 nitrogen and oxygen atoms in total. The van der Waals surface area contributed by atoms with Crippen LogP contribution in [0.15, 0.2) is 18.2 Å². The van der Waals surface area contributed by atoms with Crippen LogP contribution in [0.5, 0.6) is 0 Å². The Morgan fingerprint density at radius 1 is 1.35 bits per heavy atom. The van der Waals surface area contributed by atoms with Gasteiger partial charge >= 0.3 is 0 Å². The molecule has 1 heterocycles. The van der Waals surface area contributed by atoms with Crippen molar-refractivity contribution in [3.05, 3.63) is 29.3 Å². The second kappa shape index (κ2) is 4.99. The van der Waals surface area contributed by atoms with Crippen molar-refractivity contribution < 1.29 is 9.59 Å². The minimum atomic E-state index is 0.0863. The van der Waals surface area contributed by atoms with Crippen LogP contribution in [0.1, 0.15) is 28.8 Å². The normalized spacial score (nSPS) is 14.8. The van der Waals surface area contributed by atoms with Crippen LogP contribution in [0.2, 0.25) is 0 Å². The molecule has 2 amide bonds. The van der Waals surface area contributed by atoms with Crippen molar-refractivity contribution in [2.24, 2.45) is 0 Å². The molecule has 1 fully saturated rings. The molecule has 1 aromatic rings. The Hall–Kier alpha value is -1.84. The monoisotopic (exact) mass is 232 g/mol. The lowest BCUT2D eigenvalue weighted by atomic mass is 10.1. The third-order valence-corrected chi connectivity index (χ3v) is 3.08. The lowest BCUT2D eigenvalue weighted by Crippen LogP contribution is -2.27. The highest BCUT2D eigenvalue weighted by Gasteiger charge is 2.19. The number of rotatable bonds is 3. The number of carbonyl (C=O) groups is 2. The summed E-state index contributed by atoms with van der Waals surface area (Å²) in [5.74, 6) is 0.0863. The Balaban J connectivity index is 2.18. The van der Waals surface area contributed by atoms with Gasteiger partial charge in [-0.1, -0.05) is 0 Å². The van der Waals surface area contributed by atoms with Gasteiger partial charge in [0, 0.05) is 24.3 Å². The van der Waals surface area contributed by atoms with Crippen LogP contribution in [-0.4, -0.2) is 30.3 Å². The molecule has 4 heteroatoms. The van der Waals surface area contributed by atoms with Crippen LogP contribution in [0.4, 0.5) is 5.69 Å². The highest BCUT2D eigenvalue weighted by Crippen LogP contribution is 2.18. The van der Waals surface area contributed by atoms with Crippen molar-refractivity contribution >= 4 is 18.0 Å². The molecule has 0 aromatic heterocycles. The summed E-state index contributed by atoms with van der Waals surface area (Å²) in [7, 11) is 0. The van der Waals surface area contributed by atoms with Gasteiger partial charge in [0.05, 0.1) is 0 Å². The molecule has 0 atom stereocenters. The summed E-state index contributed by atoms with van der Waals surface area (Å²) in [5.41, 5.74) is 2.35. The molecule has 1 N–H and O–H groups in total. The average molecular weight is 232 g/mol. The van der Waals surface area contributed by atoms with E-state index < -0.39 is 0 Å². The molecule has 1 aliphatic rings. The Morgan fingerprint density at radius 3 is 2.65 bits per heavy atom. The lowest BCUT2D eigenvalue weighted by molar-refractivity contribution is -0.105. The van der Waals surface area contributed by atoms with Gasteiger partial charge in [-0.15, -0.1) is 0 Å². The lowest BCUT2D eigenvalue weighted by Gasteiger charge is -2.16. The molecule has 0 spiro atoms. The zero-order chi connectivity index (χ0) is 12.3. The van der Waals surface area contributed by atoms with E-state index in [4.69, 9.17) is 0 Å². The zero-order valence-electron chi connectivity index (χ0n) is 9.90. The molecule has 2 rings (SSSR count). The number of amides is 2. The summed E-state index contributed by atoms with van der Waals surface area (Å²) in [6.45, 7) is 3.59. The number of benzene rings is 1. The minimum absolute atomic E-state index is 0.0863. The van der Waals surface area contributed by atoms with E-state index in [1.165, 1.54) is 0 Å². The molecule has 0 aliphatic carbocycles. The van der Waals surface area contributed by atoms with Gasteiger partial charge in [-0.3, -0.25) is 9.59 Å².